The van der Waals surface area contributed by atoms with Gasteiger partial charge >= 0.3 is 5.97 Å². The van der Waals surface area contributed by atoms with Gasteiger partial charge in [-0.25, -0.2) is 4.79 Å². The highest BCUT2D eigenvalue weighted by molar-refractivity contribution is 5.75. The van der Waals surface area contributed by atoms with Crippen LogP contribution >= 0.6 is 0 Å². The zero-order valence-corrected chi connectivity index (χ0v) is 11.5. The predicted molar refractivity (Wildman–Crippen MR) is 72.3 cm³/mol. The normalized spacial score (nSPS) is 11.8. The number of carbonyl (C=O) groups excluding carboxylic acids is 1. The highest BCUT2D eigenvalue weighted by atomic mass is 16.6. The number of esters is 1. The fraction of sp³-hybridized carbons (Fsp3) is 0.462. The summed E-state index contributed by atoms with van der Waals surface area (Å²) in [4.78, 5) is 21.9. The lowest BCUT2D eigenvalue weighted by molar-refractivity contribution is -0.384. The van der Waals surface area contributed by atoms with Crippen molar-refractivity contribution in [2.75, 3.05) is 6.61 Å². The minimum Gasteiger partial charge on any atom is -0.478 e. The van der Waals surface area contributed by atoms with Crippen LogP contribution in [0.1, 0.15) is 25.8 Å². The molecule has 1 unspecified atom stereocenters. The Morgan fingerprint density at radius 1 is 1.45 bits per heavy atom. The summed E-state index contributed by atoms with van der Waals surface area (Å²) < 4.78 is 10.5. The Morgan fingerprint density at radius 3 is 2.65 bits per heavy atom. The number of ether oxygens (including phenoxy) is 2. The number of nitro groups is 1. The summed E-state index contributed by atoms with van der Waals surface area (Å²) in [5, 5.41) is 10.7. The molecule has 110 valence electrons. The van der Waals surface area contributed by atoms with Gasteiger partial charge in [-0.3, -0.25) is 10.1 Å². The Kier molecular flexibility index (Phi) is 5.92. The van der Waals surface area contributed by atoms with Gasteiger partial charge in [-0.05, 0) is 19.4 Å². The summed E-state index contributed by atoms with van der Waals surface area (Å²) in [6.45, 7) is 3.84. The zero-order valence-electron chi connectivity index (χ0n) is 11.5. The molecule has 0 amide bonds. The molecule has 1 atom stereocenters. The molecule has 0 spiro atoms. The number of benzene rings is 1. The van der Waals surface area contributed by atoms with Gasteiger partial charge in [0.15, 0.2) is 6.10 Å². The molecule has 2 N–H and O–H groups in total. The van der Waals surface area contributed by atoms with E-state index in [1.165, 1.54) is 18.2 Å². The lowest BCUT2D eigenvalue weighted by Crippen LogP contribution is -2.29. The molecular weight excluding hydrogens is 264 g/mol. The van der Waals surface area contributed by atoms with Gasteiger partial charge in [0, 0.05) is 24.2 Å². The van der Waals surface area contributed by atoms with E-state index in [1.54, 1.807) is 13.8 Å². The minimum absolute atomic E-state index is 0.0676. The van der Waals surface area contributed by atoms with Crippen LogP contribution in [0.3, 0.4) is 0 Å². The number of rotatable bonds is 7. The van der Waals surface area contributed by atoms with E-state index < -0.39 is 17.0 Å². The molecule has 0 aliphatic heterocycles. The van der Waals surface area contributed by atoms with Gasteiger partial charge in [0.1, 0.15) is 5.75 Å². The zero-order chi connectivity index (χ0) is 15.1. The summed E-state index contributed by atoms with van der Waals surface area (Å²) >= 11 is 0. The third kappa shape index (κ3) is 3.92. The molecule has 0 aliphatic carbocycles. The van der Waals surface area contributed by atoms with E-state index in [4.69, 9.17) is 15.2 Å². The first-order chi connectivity index (χ1) is 9.53. The van der Waals surface area contributed by atoms with Crippen LogP contribution in [0, 0.1) is 10.1 Å². The highest BCUT2D eigenvalue weighted by Gasteiger charge is 2.21. The van der Waals surface area contributed by atoms with E-state index in [0.717, 1.165) is 0 Å². The average Bonchev–Trinajstić information content (AvgIpc) is 2.44. The maximum Gasteiger partial charge on any atom is 0.347 e. The Hall–Kier alpha value is -2.15. The van der Waals surface area contributed by atoms with Crippen LogP contribution in [0.2, 0.25) is 0 Å². The molecule has 1 aromatic carbocycles. The third-order valence-electron chi connectivity index (χ3n) is 2.66. The second-order valence-corrected chi connectivity index (χ2v) is 4.02. The molecule has 0 fully saturated rings. The monoisotopic (exact) mass is 282 g/mol. The molecule has 0 aliphatic rings. The Labute approximate surface area is 116 Å². The summed E-state index contributed by atoms with van der Waals surface area (Å²) in [6.07, 6.45) is -0.318. The van der Waals surface area contributed by atoms with Crippen molar-refractivity contribution in [3.8, 4) is 5.75 Å². The van der Waals surface area contributed by atoms with Crippen molar-refractivity contribution in [2.45, 2.75) is 32.9 Å². The van der Waals surface area contributed by atoms with Gasteiger partial charge in [-0.15, -0.1) is 0 Å². The number of nitro benzene ring substituents is 1. The number of hydrogen-bond acceptors (Lipinski definition) is 6. The van der Waals surface area contributed by atoms with Gasteiger partial charge in [0.25, 0.3) is 5.69 Å². The average molecular weight is 282 g/mol. The van der Waals surface area contributed by atoms with Crippen LogP contribution in [0.15, 0.2) is 18.2 Å². The van der Waals surface area contributed by atoms with E-state index in [9.17, 15) is 14.9 Å². The SMILES string of the molecule is CCOC(=O)C(CC)Oc1ccc([N+](=O)[O-])cc1CN. The van der Waals surface area contributed by atoms with Gasteiger partial charge < -0.3 is 15.2 Å². The van der Waals surface area contributed by atoms with E-state index in [2.05, 4.69) is 0 Å². The van der Waals surface area contributed by atoms with Crippen LogP contribution in [-0.4, -0.2) is 23.6 Å². The van der Waals surface area contributed by atoms with Gasteiger partial charge in [0.2, 0.25) is 0 Å². The number of carbonyl (C=O) groups is 1. The maximum absolute atomic E-state index is 11.7. The molecule has 0 saturated heterocycles. The molecular formula is C13H18N2O5. The van der Waals surface area contributed by atoms with Gasteiger partial charge in [0.05, 0.1) is 11.5 Å². The molecule has 0 aromatic heterocycles. The van der Waals surface area contributed by atoms with Crippen LogP contribution in [0.5, 0.6) is 5.75 Å². The second-order valence-electron chi connectivity index (χ2n) is 4.02. The molecule has 7 nitrogen and oxygen atoms in total. The maximum atomic E-state index is 11.7. The number of nitrogens with zero attached hydrogens (tertiary/aromatic N) is 1. The van der Waals surface area contributed by atoms with Gasteiger partial charge in [-0.2, -0.15) is 0 Å². The molecule has 1 rings (SSSR count). The Bertz CT molecular complexity index is 490. The third-order valence-corrected chi connectivity index (χ3v) is 2.66. The summed E-state index contributed by atoms with van der Waals surface area (Å²) in [5.41, 5.74) is 5.96. The minimum atomic E-state index is -0.748. The van der Waals surface area contributed by atoms with Gasteiger partial charge in [-0.1, -0.05) is 6.92 Å². The molecule has 1 aromatic rings. The molecule has 0 heterocycles. The van der Waals surface area contributed by atoms with Crippen molar-refractivity contribution in [3.63, 3.8) is 0 Å². The molecule has 0 radical (unpaired) electrons. The summed E-state index contributed by atoms with van der Waals surface area (Å²) in [7, 11) is 0. The number of non-ortho nitro benzene ring substituents is 1. The first-order valence-corrected chi connectivity index (χ1v) is 6.34. The first-order valence-electron chi connectivity index (χ1n) is 6.34. The van der Waals surface area contributed by atoms with E-state index in [-0.39, 0.29) is 18.8 Å². The predicted octanol–water partition coefficient (Wildman–Crippen LogP) is 1.77. The van der Waals surface area contributed by atoms with Crippen molar-refractivity contribution in [1.29, 1.82) is 0 Å². The summed E-state index contributed by atoms with van der Waals surface area (Å²) in [5.74, 6) is -0.102. The first kappa shape index (κ1) is 15.9. The fourth-order valence-corrected chi connectivity index (χ4v) is 1.64. The smallest absolute Gasteiger partial charge is 0.347 e. The van der Waals surface area contributed by atoms with Crippen molar-refractivity contribution in [1.82, 2.24) is 0 Å². The summed E-state index contributed by atoms with van der Waals surface area (Å²) in [6, 6.07) is 4.10. The Balaban J connectivity index is 2.95. The van der Waals surface area contributed by atoms with Crippen LogP contribution in [-0.2, 0) is 16.1 Å². The van der Waals surface area contributed by atoms with E-state index in [1.807, 2.05) is 0 Å². The van der Waals surface area contributed by atoms with E-state index >= 15 is 0 Å². The molecule has 0 saturated carbocycles. The lowest BCUT2D eigenvalue weighted by atomic mass is 10.1. The topological polar surface area (TPSA) is 105 Å². The van der Waals surface area contributed by atoms with Crippen LogP contribution < -0.4 is 10.5 Å². The standard InChI is InChI=1S/C13H18N2O5/c1-3-11(13(16)19-4-2)20-12-6-5-10(15(17)18)7-9(12)8-14/h5-7,11H,3-4,8,14H2,1-2H3. The molecule has 7 heteroatoms. The van der Waals surface area contributed by atoms with Crippen molar-refractivity contribution in [3.05, 3.63) is 33.9 Å². The Morgan fingerprint density at radius 2 is 2.15 bits per heavy atom. The van der Waals surface area contributed by atoms with Crippen LogP contribution in [0.25, 0.3) is 0 Å². The molecule has 0 bridgehead atoms. The highest BCUT2D eigenvalue weighted by Crippen LogP contribution is 2.25. The van der Waals surface area contributed by atoms with Crippen molar-refractivity contribution in [2.24, 2.45) is 5.73 Å². The lowest BCUT2D eigenvalue weighted by Gasteiger charge is -2.17. The molecule has 20 heavy (non-hydrogen) atoms. The van der Waals surface area contributed by atoms with Crippen LogP contribution in [0.4, 0.5) is 5.69 Å². The van der Waals surface area contributed by atoms with Crippen molar-refractivity contribution < 1.29 is 19.2 Å². The van der Waals surface area contributed by atoms with Crippen molar-refractivity contribution >= 4 is 11.7 Å². The second kappa shape index (κ2) is 7.44. The van der Waals surface area contributed by atoms with E-state index in [0.29, 0.717) is 17.7 Å². The number of nitrogens with two attached hydrogens (primary N) is 1. The number of hydrogen-bond donors (Lipinski definition) is 1. The fourth-order valence-electron chi connectivity index (χ4n) is 1.64. The quantitative estimate of drug-likeness (QED) is 0.464. The largest absolute Gasteiger partial charge is 0.478 e.